The maximum atomic E-state index is 14.8. The molecule has 4 aromatic rings. The number of rotatable bonds is 10. The molecule has 0 bridgehead atoms. The van der Waals surface area contributed by atoms with Gasteiger partial charge in [0.1, 0.15) is 45.9 Å². The lowest BCUT2D eigenvalue weighted by molar-refractivity contribution is -0.140. The first-order valence-electron chi connectivity index (χ1n) is 20.2. The lowest BCUT2D eigenvalue weighted by Crippen LogP contribution is -2.58. The Morgan fingerprint density at radius 2 is 1.85 bits per heavy atom. The molecule has 2 aliphatic heterocycles. The molecule has 2 fully saturated rings. The lowest BCUT2D eigenvalue weighted by atomic mass is 10.0. The van der Waals surface area contributed by atoms with E-state index in [0.717, 1.165) is 57.3 Å². The summed E-state index contributed by atoms with van der Waals surface area (Å²) in [5, 5.41) is 9.88. The number of nitrogens with one attached hydrogen (secondary N) is 3. The number of hydrogen-bond donors (Lipinski definition) is 3. The summed E-state index contributed by atoms with van der Waals surface area (Å²) in [6.45, 7) is 6.20. The van der Waals surface area contributed by atoms with Gasteiger partial charge in [-0.1, -0.05) is 57.0 Å². The Labute approximate surface area is 350 Å². The van der Waals surface area contributed by atoms with Gasteiger partial charge in [0.15, 0.2) is 0 Å². The van der Waals surface area contributed by atoms with E-state index in [0.29, 0.717) is 29.1 Å². The molecule has 1 saturated carbocycles. The number of carbonyl (C=O) groups is 3. The first-order chi connectivity index (χ1) is 28.2. The van der Waals surface area contributed by atoms with Gasteiger partial charge in [0.25, 0.3) is 5.91 Å². The summed E-state index contributed by atoms with van der Waals surface area (Å²) in [5.74, 6) is -0.650. The highest BCUT2D eigenvalue weighted by Crippen LogP contribution is 2.46. The molecule has 7 rings (SSSR count). The Bertz CT molecular complexity index is 2350. The van der Waals surface area contributed by atoms with Crippen molar-refractivity contribution in [2.45, 2.75) is 95.4 Å². The zero-order valence-electron chi connectivity index (χ0n) is 34.4. The average Bonchev–Trinajstić information content (AvgIpc) is 3.49. The van der Waals surface area contributed by atoms with E-state index < -0.39 is 51.7 Å². The lowest BCUT2D eigenvalue weighted by Gasteiger charge is -2.30. The Balaban J connectivity index is 1.26. The van der Waals surface area contributed by atoms with Gasteiger partial charge in [0, 0.05) is 54.5 Å². The van der Waals surface area contributed by atoms with Gasteiger partial charge in [0.05, 0.1) is 24.9 Å². The smallest absolute Gasteiger partial charge is 0.303 e. The molecule has 1 aliphatic carbocycles. The number of amides is 3. The van der Waals surface area contributed by atoms with Gasteiger partial charge in [-0.05, 0) is 62.8 Å². The molecule has 0 unspecified atom stereocenters. The van der Waals surface area contributed by atoms with Gasteiger partial charge in [0.2, 0.25) is 11.8 Å². The fraction of sp³-hybridized carbons (Fsp3) is 0.465. The Morgan fingerprint density at radius 1 is 1.07 bits per heavy atom. The SMILES string of the molecule is COc1ccc2c(O[C@@H]3C[C@H]4C(=O)N[C@]5(C(=O)NS(=O)(=O)N(C)C)C[C@H]5C=CCCCCC[C@H](Nc5ccccc5)C(=O)N4C3)cc(-c3nc(C(C)C)cs3)nc2c1C. The number of allylic oxidation sites excluding steroid dienone is 1. The van der Waals surface area contributed by atoms with Crippen LogP contribution in [0.1, 0.15) is 76.0 Å². The van der Waals surface area contributed by atoms with Crippen molar-refractivity contribution in [3.8, 4) is 22.2 Å². The molecule has 16 heteroatoms. The van der Waals surface area contributed by atoms with Crippen LogP contribution in [0.2, 0.25) is 0 Å². The number of fused-ring (bicyclic) bond motifs is 3. The quantitative estimate of drug-likeness (QED) is 0.162. The van der Waals surface area contributed by atoms with Gasteiger partial charge in [-0.25, -0.2) is 14.7 Å². The standard InChI is InChI=1S/C43H53N7O7S2/c1-26(2)34-25-58-40(46-34)33-22-37(31-19-20-36(56-6)27(3)38(31)45-33)57-30-21-35-39(51)47-43(42(53)48-59(54,55)49(4)5)23-28(43)15-11-8-7-9-14-18-32(41(52)50(35)24-30)44-29-16-12-10-13-17-29/h10-13,15-17,19-20,22,25-26,28,30,32,35,44H,7-9,14,18,21,23-24H2,1-6H3,(H,47,51)(H,48,53)/t28-,30-,32+,35+,43-/m1/s1. The first-order valence-corrected chi connectivity index (χ1v) is 22.5. The van der Waals surface area contributed by atoms with Crippen molar-refractivity contribution in [2.24, 2.45) is 5.92 Å². The summed E-state index contributed by atoms with van der Waals surface area (Å²) in [4.78, 5) is 54.7. The van der Waals surface area contributed by atoms with E-state index >= 15 is 0 Å². The van der Waals surface area contributed by atoms with Crippen molar-refractivity contribution >= 4 is 55.9 Å². The monoisotopic (exact) mass is 843 g/mol. The van der Waals surface area contributed by atoms with E-state index in [1.165, 1.54) is 25.4 Å². The first kappa shape index (κ1) is 42.1. The van der Waals surface area contributed by atoms with E-state index in [1.807, 2.05) is 73.0 Å². The van der Waals surface area contributed by atoms with Crippen molar-refractivity contribution in [3.05, 3.63) is 77.3 Å². The van der Waals surface area contributed by atoms with Gasteiger partial charge in [-0.3, -0.25) is 14.4 Å². The summed E-state index contributed by atoms with van der Waals surface area (Å²) in [6.07, 6.45) is 7.37. The topological polar surface area (TPSA) is 172 Å². The highest BCUT2D eigenvalue weighted by Gasteiger charge is 2.61. The zero-order valence-corrected chi connectivity index (χ0v) is 36.0. The molecule has 5 atom stereocenters. The van der Waals surface area contributed by atoms with Gasteiger partial charge < -0.3 is 25.0 Å². The summed E-state index contributed by atoms with van der Waals surface area (Å²) < 4.78 is 41.2. The molecule has 3 amide bonds. The summed E-state index contributed by atoms with van der Waals surface area (Å²) in [5.41, 5.74) is 2.36. The number of thiazole rings is 1. The number of carbonyl (C=O) groups excluding carboxylic acids is 3. The molecule has 2 aromatic carbocycles. The van der Waals surface area contributed by atoms with Crippen LogP contribution in [-0.4, -0.2) is 96.8 Å². The number of nitrogens with zero attached hydrogens (tertiary/aromatic N) is 4. The number of ether oxygens (including phenoxy) is 2. The minimum Gasteiger partial charge on any atom is -0.496 e. The van der Waals surface area contributed by atoms with Crippen LogP contribution in [0.15, 0.2) is 66.1 Å². The largest absolute Gasteiger partial charge is 0.496 e. The van der Waals surface area contributed by atoms with E-state index in [1.54, 1.807) is 12.0 Å². The van der Waals surface area contributed by atoms with E-state index in [9.17, 15) is 22.8 Å². The van der Waals surface area contributed by atoms with Gasteiger partial charge >= 0.3 is 10.2 Å². The Hall–Kier alpha value is -5.06. The summed E-state index contributed by atoms with van der Waals surface area (Å²) in [6, 6.07) is 13.5. The van der Waals surface area contributed by atoms with E-state index in [2.05, 4.69) is 29.2 Å². The number of para-hydroxylation sites is 1. The van der Waals surface area contributed by atoms with Gasteiger partial charge in [-0.2, -0.15) is 12.7 Å². The number of pyridine rings is 1. The second-order valence-corrected chi connectivity index (χ2v) is 18.9. The van der Waals surface area contributed by atoms with Crippen LogP contribution in [0.4, 0.5) is 5.69 Å². The van der Waals surface area contributed by atoms with Crippen LogP contribution in [-0.2, 0) is 24.6 Å². The molecular weight excluding hydrogens is 791 g/mol. The van der Waals surface area contributed by atoms with Gasteiger partial charge in [-0.15, -0.1) is 11.3 Å². The Kier molecular flexibility index (Phi) is 12.3. The highest BCUT2D eigenvalue weighted by molar-refractivity contribution is 7.87. The van der Waals surface area contributed by atoms with Crippen LogP contribution in [0.25, 0.3) is 21.6 Å². The number of methoxy groups -OCH3 is 1. The van der Waals surface area contributed by atoms with Crippen molar-refractivity contribution in [1.82, 2.24) is 29.2 Å². The van der Waals surface area contributed by atoms with E-state index in [-0.39, 0.29) is 31.2 Å². The van der Waals surface area contributed by atoms with Crippen LogP contribution in [0, 0.1) is 12.8 Å². The number of aryl methyl sites for hydroxylation is 1. The summed E-state index contributed by atoms with van der Waals surface area (Å²) in [7, 11) is 0.102. The molecule has 2 aromatic heterocycles. The molecule has 0 spiro atoms. The molecule has 3 aliphatic rings. The third-order valence-electron chi connectivity index (χ3n) is 11.5. The third-order valence-corrected chi connectivity index (χ3v) is 13.7. The van der Waals surface area contributed by atoms with Crippen molar-refractivity contribution in [2.75, 3.05) is 33.1 Å². The van der Waals surface area contributed by atoms with Crippen LogP contribution in [0.5, 0.6) is 11.5 Å². The fourth-order valence-electron chi connectivity index (χ4n) is 7.86. The number of benzene rings is 2. The molecule has 14 nitrogen and oxygen atoms in total. The molecule has 3 N–H and O–H groups in total. The maximum absolute atomic E-state index is 14.8. The zero-order chi connectivity index (χ0) is 42.1. The second kappa shape index (κ2) is 17.3. The fourth-order valence-corrected chi connectivity index (χ4v) is 9.40. The molecule has 0 radical (unpaired) electrons. The minimum atomic E-state index is -4.15. The Morgan fingerprint density at radius 3 is 2.56 bits per heavy atom. The van der Waals surface area contributed by atoms with Crippen LogP contribution in [0.3, 0.4) is 0 Å². The average molecular weight is 844 g/mol. The normalized spacial score (nSPS) is 23.9. The molecule has 59 heavy (non-hydrogen) atoms. The van der Waals surface area contributed by atoms with Crippen LogP contribution >= 0.6 is 11.3 Å². The highest BCUT2D eigenvalue weighted by atomic mass is 32.2. The number of anilines is 1. The van der Waals surface area contributed by atoms with Crippen molar-refractivity contribution in [1.29, 1.82) is 0 Å². The molecule has 4 heterocycles. The maximum Gasteiger partial charge on any atom is 0.303 e. The predicted molar refractivity (Wildman–Crippen MR) is 229 cm³/mol. The van der Waals surface area contributed by atoms with Crippen LogP contribution < -0.4 is 24.8 Å². The molecule has 1 saturated heterocycles. The van der Waals surface area contributed by atoms with Crippen molar-refractivity contribution in [3.63, 3.8) is 0 Å². The third kappa shape index (κ3) is 8.94. The summed E-state index contributed by atoms with van der Waals surface area (Å²) >= 11 is 1.50. The van der Waals surface area contributed by atoms with E-state index in [4.69, 9.17) is 19.4 Å². The number of hydrogen-bond acceptors (Lipinski definition) is 11. The molecule has 314 valence electrons. The number of aromatic nitrogens is 2. The second-order valence-electron chi connectivity index (χ2n) is 16.1. The predicted octanol–water partition coefficient (Wildman–Crippen LogP) is 5.95. The minimum absolute atomic E-state index is 0.0878. The van der Waals surface area contributed by atoms with Crippen molar-refractivity contribution < 1.29 is 32.3 Å². The molecular formula is C43H53N7O7S2.